The molecule has 2 aromatic rings. The summed E-state index contributed by atoms with van der Waals surface area (Å²) >= 11 is 0. The molecule has 0 radical (unpaired) electrons. The highest BCUT2D eigenvalue weighted by molar-refractivity contribution is 5.80. The maximum atomic E-state index is 12.6. The van der Waals surface area contributed by atoms with Gasteiger partial charge in [0.05, 0.1) is 24.5 Å². The van der Waals surface area contributed by atoms with Crippen molar-refractivity contribution in [3.63, 3.8) is 0 Å². The number of halogens is 2. The van der Waals surface area contributed by atoms with E-state index in [4.69, 9.17) is 4.74 Å². The van der Waals surface area contributed by atoms with Crippen LogP contribution in [-0.2, 0) is 0 Å². The Hall–Kier alpha value is -1.65. The van der Waals surface area contributed by atoms with E-state index in [2.05, 4.69) is 9.97 Å². The number of alkyl halides is 2. The molecule has 5 heteroatoms. The van der Waals surface area contributed by atoms with Crippen LogP contribution in [-0.4, -0.2) is 17.1 Å². The minimum absolute atomic E-state index is 0.111. The molecule has 0 aliphatic heterocycles. The summed E-state index contributed by atoms with van der Waals surface area (Å²) in [6.07, 6.45) is -1.16. The van der Waals surface area contributed by atoms with Crippen LogP contribution in [0.25, 0.3) is 11.0 Å². The number of ether oxygens (including phenoxy) is 1. The summed E-state index contributed by atoms with van der Waals surface area (Å²) in [6, 6.07) is 2.93. The van der Waals surface area contributed by atoms with Crippen molar-refractivity contribution in [2.24, 2.45) is 0 Å². The largest absolute Gasteiger partial charge is 0.497 e. The van der Waals surface area contributed by atoms with Crippen molar-refractivity contribution in [2.75, 3.05) is 7.11 Å². The number of methoxy groups -OCH3 is 1. The zero-order valence-electron chi connectivity index (χ0n) is 7.42. The molecule has 74 valence electrons. The molecule has 0 saturated carbocycles. The Balaban J connectivity index is 2.70. The average molecular weight is 198 g/mol. The van der Waals surface area contributed by atoms with Gasteiger partial charge >= 0.3 is 0 Å². The van der Waals surface area contributed by atoms with Crippen LogP contribution in [0.3, 0.4) is 0 Å². The first-order valence-corrected chi connectivity index (χ1v) is 4.01. The van der Waals surface area contributed by atoms with Gasteiger partial charge in [0, 0.05) is 11.6 Å². The van der Waals surface area contributed by atoms with E-state index in [-0.39, 0.29) is 5.56 Å². The molecule has 2 rings (SSSR count). The molecule has 1 heterocycles. The second kappa shape index (κ2) is 3.25. The number of aromatic amines is 1. The number of benzene rings is 1. The Morgan fingerprint density at radius 2 is 2.21 bits per heavy atom. The standard InChI is InChI=1S/C9H8F2N2O/c1-14-5-2-6(9(10)11)8-7(3-5)12-4-13-8/h2-4,9H,1H3,(H,12,13). The molecule has 0 bridgehead atoms. The second-order valence-corrected chi connectivity index (χ2v) is 2.82. The van der Waals surface area contributed by atoms with Gasteiger partial charge in [0.1, 0.15) is 5.75 Å². The van der Waals surface area contributed by atoms with Crippen LogP contribution in [0.4, 0.5) is 8.78 Å². The molecule has 0 aliphatic carbocycles. The molecule has 0 spiro atoms. The number of hydrogen-bond acceptors (Lipinski definition) is 2. The molecule has 1 N–H and O–H groups in total. The van der Waals surface area contributed by atoms with E-state index >= 15 is 0 Å². The second-order valence-electron chi connectivity index (χ2n) is 2.82. The van der Waals surface area contributed by atoms with E-state index in [0.29, 0.717) is 16.8 Å². The first-order chi connectivity index (χ1) is 6.72. The van der Waals surface area contributed by atoms with Gasteiger partial charge in [-0.25, -0.2) is 13.8 Å². The van der Waals surface area contributed by atoms with E-state index in [1.165, 1.54) is 19.5 Å². The lowest BCUT2D eigenvalue weighted by atomic mass is 10.2. The van der Waals surface area contributed by atoms with Crippen molar-refractivity contribution in [2.45, 2.75) is 6.43 Å². The monoisotopic (exact) mass is 198 g/mol. The molecular weight excluding hydrogens is 190 g/mol. The van der Waals surface area contributed by atoms with Crippen LogP contribution in [0.5, 0.6) is 5.75 Å². The summed E-state index contributed by atoms with van der Waals surface area (Å²) < 4.78 is 30.1. The van der Waals surface area contributed by atoms with Crippen molar-refractivity contribution in [1.82, 2.24) is 9.97 Å². The van der Waals surface area contributed by atoms with E-state index in [0.717, 1.165) is 0 Å². The minimum Gasteiger partial charge on any atom is -0.497 e. The molecule has 1 aromatic carbocycles. The number of fused-ring (bicyclic) bond motifs is 1. The topological polar surface area (TPSA) is 37.9 Å². The third-order valence-corrected chi connectivity index (χ3v) is 2.00. The normalized spacial score (nSPS) is 11.1. The lowest BCUT2D eigenvalue weighted by molar-refractivity contribution is 0.152. The molecule has 0 fully saturated rings. The van der Waals surface area contributed by atoms with Gasteiger partial charge in [0.25, 0.3) is 6.43 Å². The number of hydrogen-bond donors (Lipinski definition) is 1. The van der Waals surface area contributed by atoms with Crippen LogP contribution in [0, 0.1) is 0 Å². The predicted octanol–water partition coefficient (Wildman–Crippen LogP) is 2.51. The molecule has 1 aromatic heterocycles. The first kappa shape index (κ1) is 8.93. The van der Waals surface area contributed by atoms with Crippen molar-refractivity contribution in [3.8, 4) is 5.75 Å². The number of aromatic nitrogens is 2. The van der Waals surface area contributed by atoms with Crippen molar-refractivity contribution in [3.05, 3.63) is 24.0 Å². The van der Waals surface area contributed by atoms with Crippen LogP contribution in [0.2, 0.25) is 0 Å². The van der Waals surface area contributed by atoms with E-state index in [1.54, 1.807) is 6.07 Å². The summed E-state index contributed by atoms with van der Waals surface area (Å²) in [6.45, 7) is 0. The Labute approximate surface area is 78.7 Å². The van der Waals surface area contributed by atoms with Gasteiger partial charge in [-0.3, -0.25) is 0 Å². The third-order valence-electron chi connectivity index (χ3n) is 2.00. The zero-order valence-corrected chi connectivity index (χ0v) is 7.42. The number of H-pyrrole nitrogens is 1. The Kier molecular flexibility index (Phi) is 2.07. The fourth-order valence-corrected chi connectivity index (χ4v) is 1.33. The maximum absolute atomic E-state index is 12.6. The van der Waals surface area contributed by atoms with Gasteiger partial charge in [-0.05, 0) is 6.07 Å². The summed E-state index contributed by atoms with van der Waals surface area (Å²) in [5, 5.41) is 0. The number of rotatable bonds is 2. The highest BCUT2D eigenvalue weighted by atomic mass is 19.3. The van der Waals surface area contributed by atoms with Gasteiger partial charge in [0.15, 0.2) is 0 Å². The number of nitrogens with one attached hydrogen (secondary N) is 1. The summed E-state index contributed by atoms with van der Waals surface area (Å²) in [5.74, 6) is 0.400. The Morgan fingerprint density at radius 3 is 2.86 bits per heavy atom. The highest BCUT2D eigenvalue weighted by Gasteiger charge is 2.15. The quantitative estimate of drug-likeness (QED) is 0.805. The van der Waals surface area contributed by atoms with E-state index in [1.807, 2.05) is 0 Å². The molecular formula is C9H8F2N2O. The van der Waals surface area contributed by atoms with Crippen LogP contribution >= 0.6 is 0 Å². The Morgan fingerprint density at radius 1 is 1.43 bits per heavy atom. The molecule has 0 amide bonds. The average Bonchev–Trinajstić information content (AvgIpc) is 2.63. The molecule has 0 saturated heterocycles. The van der Waals surface area contributed by atoms with Crippen molar-refractivity contribution < 1.29 is 13.5 Å². The van der Waals surface area contributed by atoms with Crippen molar-refractivity contribution in [1.29, 1.82) is 0 Å². The SMILES string of the molecule is COc1cc(C(F)F)c2nc[nH]c2c1. The van der Waals surface area contributed by atoms with Gasteiger partial charge in [0.2, 0.25) is 0 Å². The van der Waals surface area contributed by atoms with Crippen molar-refractivity contribution >= 4 is 11.0 Å². The van der Waals surface area contributed by atoms with Gasteiger partial charge in [-0.2, -0.15) is 0 Å². The van der Waals surface area contributed by atoms with Gasteiger partial charge in [-0.15, -0.1) is 0 Å². The van der Waals surface area contributed by atoms with E-state index < -0.39 is 6.43 Å². The summed E-state index contributed by atoms with van der Waals surface area (Å²) in [7, 11) is 1.44. The third kappa shape index (κ3) is 1.30. The van der Waals surface area contributed by atoms with Crippen LogP contribution in [0.15, 0.2) is 18.5 Å². The molecule has 14 heavy (non-hydrogen) atoms. The fourth-order valence-electron chi connectivity index (χ4n) is 1.33. The zero-order chi connectivity index (χ0) is 10.1. The minimum atomic E-state index is -2.55. The molecule has 0 aliphatic rings. The lowest BCUT2D eigenvalue weighted by Gasteiger charge is -2.04. The highest BCUT2D eigenvalue weighted by Crippen LogP contribution is 2.29. The molecule has 3 nitrogen and oxygen atoms in total. The van der Waals surface area contributed by atoms with E-state index in [9.17, 15) is 8.78 Å². The fraction of sp³-hybridized carbons (Fsp3) is 0.222. The lowest BCUT2D eigenvalue weighted by Crippen LogP contribution is -1.90. The molecule has 0 unspecified atom stereocenters. The molecule has 0 atom stereocenters. The van der Waals surface area contributed by atoms with Gasteiger partial charge < -0.3 is 9.72 Å². The maximum Gasteiger partial charge on any atom is 0.266 e. The van der Waals surface area contributed by atoms with Crippen LogP contribution < -0.4 is 4.74 Å². The first-order valence-electron chi connectivity index (χ1n) is 4.01. The smallest absolute Gasteiger partial charge is 0.266 e. The predicted molar refractivity (Wildman–Crippen MR) is 47.6 cm³/mol. The van der Waals surface area contributed by atoms with Gasteiger partial charge in [-0.1, -0.05) is 0 Å². The Bertz CT molecular complexity index is 453. The van der Waals surface area contributed by atoms with Crippen LogP contribution in [0.1, 0.15) is 12.0 Å². The summed E-state index contributed by atoms with van der Waals surface area (Å²) in [4.78, 5) is 6.59. The number of nitrogens with zero attached hydrogens (tertiary/aromatic N) is 1. The number of imidazole rings is 1. The summed E-state index contributed by atoms with van der Waals surface area (Å²) in [5.41, 5.74) is 0.737.